The summed E-state index contributed by atoms with van der Waals surface area (Å²) in [5.41, 5.74) is 2.68. The molecule has 1 aliphatic rings. The van der Waals surface area contributed by atoms with Crippen LogP contribution in [0.15, 0.2) is 30.3 Å². The minimum Gasteiger partial charge on any atom is -0.386 e. The first kappa shape index (κ1) is 9.61. The minimum atomic E-state index is -0.781. The topological polar surface area (TPSA) is 20.2 Å². The molecule has 0 unspecified atom stereocenters. The normalized spacial score (nSPS) is 13.7. The van der Waals surface area contributed by atoms with Crippen LogP contribution in [0.4, 0.5) is 0 Å². The molecule has 1 aliphatic carbocycles. The third-order valence-corrected chi connectivity index (χ3v) is 3.19. The highest BCUT2D eigenvalue weighted by Crippen LogP contribution is 2.34. The van der Waals surface area contributed by atoms with E-state index in [4.69, 9.17) is 0 Å². The number of rotatable bonds is 1. The lowest BCUT2D eigenvalue weighted by molar-refractivity contribution is 0.0787. The molecule has 0 spiro atoms. The second kappa shape index (κ2) is 2.96. The number of hydrogen-bond donors (Lipinski definition) is 1. The van der Waals surface area contributed by atoms with Crippen molar-refractivity contribution in [2.75, 3.05) is 0 Å². The maximum absolute atomic E-state index is 10.1. The minimum absolute atomic E-state index is 0.781. The number of aliphatic hydroxyl groups is 1. The summed E-state index contributed by atoms with van der Waals surface area (Å²) in [5.74, 6) is 0. The van der Waals surface area contributed by atoms with Crippen LogP contribution in [0, 0.1) is 0 Å². The fourth-order valence-electron chi connectivity index (χ4n) is 2.29. The lowest BCUT2D eigenvalue weighted by atomic mass is 9.93. The van der Waals surface area contributed by atoms with Gasteiger partial charge in [0.05, 0.1) is 5.60 Å². The predicted molar refractivity (Wildman–Crippen MR) is 68.1 cm³/mol. The van der Waals surface area contributed by atoms with E-state index in [1.54, 1.807) is 0 Å². The van der Waals surface area contributed by atoms with E-state index in [2.05, 4.69) is 42.5 Å². The van der Waals surface area contributed by atoms with Gasteiger partial charge in [-0.2, -0.15) is 0 Å². The molecule has 1 heteroatoms. The first-order valence-corrected chi connectivity index (χ1v) is 5.53. The number of benzene rings is 2. The zero-order chi connectivity index (χ0) is 11.3. The average molecular weight is 210 g/mol. The van der Waals surface area contributed by atoms with Crippen molar-refractivity contribution < 1.29 is 5.11 Å². The van der Waals surface area contributed by atoms with Gasteiger partial charge in [0.2, 0.25) is 0 Å². The van der Waals surface area contributed by atoms with Crippen molar-refractivity contribution in [2.24, 2.45) is 0 Å². The van der Waals surface area contributed by atoms with Gasteiger partial charge in [-0.1, -0.05) is 30.4 Å². The molecule has 1 N–H and O–H groups in total. The van der Waals surface area contributed by atoms with Crippen molar-refractivity contribution in [3.8, 4) is 0 Å². The van der Waals surface area contributed by atoms with E-state index >= 15 is 0 Å². The quantitative estimate of drug-likeness (QED) is 0.651. The van der Waals surface area contributed by atoms with Crippen LogP contribution in [0.25, 0.3) is 22.9 Å². The van der Waals surface area contributed by atoms with Gasteiger partial charge in [0.15, 0.2) is 0 Å². The van der Waals surface area contributed by atoms with E-state index in [0.29, 0.717) is 0 Å². The van der Waals surface area contributed by atoms with Gasteiger partial charge in [-0.15, -0.1) is 0 Å². The Labute approximate surface area is 95.0 Å². The van der Waals surface area contributed by atoms with Gasteiger partial charge in [0, 0.05) is 0 Å². The summed E-state index contributed by atoms with van der Waals surface area (Å²) in [7, 11) is 0. The molecule has 0 saturated carbocycles. The highest BCUT2D eigenvalue weighted by atomic mass is 16.3. The van der Waals surface area contributed by atoms with E-state index in [9.17, 15) is 5.11 Å². The molecule has 0 aromatic heterocycles. The fourth-order valence-corrected chi connectivity index (χ4v) is 2.29. The van der Waals surface area contributed by atoms with E-state index in [0.717, 1.165) is 5.56 Å². The third-order valence-electron chi connectivity index (χ3n) is 3.19. The molecule has 2 aromatic rings. The number of hydrogen-bond acceptors (Lipinski definition) is 1. The van der Waals surface area contributed by atoms with Gasteiger partial charge in [0.25, 0.3) is 0 Å². The van der Waals surface area contributed by atoms with E-state index in [1.165, 1.54) is 21.9 Å². The lowest BCUT2D eigenvalue weighted by Crippen LogP contribution is -2.15. The van der Waals surface area contributed by atoms with Gasteiger partial charge >= 0.3 is 0 Å². The van der Waals surface area contributed by atoms with Crippen molar-refractivity contribution in [3.63, 3.8) is 0 Å². The highest BCUT2D eigenvalue weighted by molar-refractivity contribution is 6.05. The Morgan fingerprint density at radius 3 is 2.50 bits per heavy atom. The first-order valence-electron chi connectivity index (χ1n) is 5.53. The summed E-state index contributed by atoms with van der Waals surface area (Å²) in [5, 5.41) is 12.6. The Kier molecular flexibility index (Phi) is 1.78. The molecule has 3 rings (SSSR count). The van der Waals surface area contributed by atoms with Crippen LogP contribution in [0.2, 0.25) is 0 Å². The SMILES string of the molecule is CC(C)(O)c1cc2c3c(cccc3c1)C=C2. The Balaban J connectivity index is 2.38. The Morgan fingerprint density at radius 2 is 1.75 bits per heavy atom. The molecule has 0 fully saturated rings. The van der Waals surface area contributed by atoms with Crippen LogP contribution in [0.1, 0.15) is 30.5 Å². The van der Waals surface area contributed by atoms with Gasteiger partial charge in [-0.25, -0.2) is 0 Å². The zero-order valence-corrected chi connectivity index (χ0v) is 9.49. The Morgan fingerprint density at radius 1 is 1.00 bits per heavy atom. The molecule has 1 nitrogen and oxygen atoms in total. The largest absolute Gasteiger partial charge is 0.386 e. The molecule has 2 aromatic carbocycles. The van der Waals surface area contributed by atoms with Gasteiger partial charge in [-0.3, -0.25) is 0 Å². The average Bonchev–Trinajstić information content (AvgIpc) is 2.62. The highest BCUT2D eigenvalue weighted by Gasteiger charge is 2.19. The second-order valence-electron chi connectivity index (χ2n) is 4.90. The summed E-state index contributed by atoms with van der Waals surface area (Å²) in [6, 6.07) is 10.4. The summed E-state index contributed by atoms with van der Waals surface area (Å²) in [4.78, 5) is 0. The standard InChI is InChI=1S/C15H14O/c1-15(2,16)13-8-11-5-3-4-10-6-7-12(9-13)14(10)11/h3-9,16H,1-2H3. The second-order valence-corrected chi connectivity index (χ2v) is 4.90. The Bertz CT molecular complexity index is 601. The summed E-state index contributed by atoms with van der Waals surface area (Å²) in [6.07, 6.45) is 4.25. The fraction of sp³-hybridized carbons (Fsp3) is 0.200. The predicted octanol–water partition coefficient (Wildman–Crippen LogP) is 3.55. The molecule has 16 heavy (non-hydrogen) atoms. The van der Waals surface area contributed by atoms with Gasteiger partial charge in [-0.05, 0) is 53.4 Å². The van der Waals surface area contributed by atoms with Crippen LogP contribution >= 0.6 is 0 Å². The molecule has 0 saturated heterocycles. The van der Waals surface area contributed by atoms with Crippen molar-refractivity contribution in [2.45, 2.75) is 19.4 Å². The molecular weight excluding hydrogens is 196 g/mol. The molecule has 80 valence electrons. The molecule has 0 radical (unpaired) electrons. The summed E-state index contributed by atoms with van der Waals surface area (Å²) < 4.78 is 0. The maximum Gasteiger partial charge on any atom is 0.0840 e. The molecular formula is C15H14O. The molecule has 0 atom stereocenters. The van der Waals surface area contributed by atoms with Crippen LogP contribution in [0.5, 0.6) is 0 Å². The maximum atomic E-state index is 10.1. The van der Waals surface area contributed by atoms with Crippen molar-refractivity contribution in [3.05, 3.63) is 47.0 Å². The summed E-state index contributed by atoms with van der Waals surface area (Å²) >= 11 is 0. The van der Waals surface area contributed by atoms with Crippen LogP contribution in [0.3, 0.4) is 0 Å². The van der Waals surface area contributed by atoms with Gasteiger partial charge < -0.3 is 5.11 Å². The van der Waals surface area contributed by atoms with Crippen molar-refractivity contribution in [1.29, 1.82) is 0 Å². The first-order chi connectivity index (χ1) is 7.55. The van der Waals surface area contributed by atoms with Crippen molar-refractivity contribution >= 4 is 22.9 Å². The lowest BCUT2D eigenvalue weighted by Gasteiger charge is -2.19. The third kappa shape index (κ3) is 1.29. The Hall–Kier alpha value is -1.60. The van der Waals surface area contributed by atoms with Crippen LogP contribution < -0.4 is 0 Å². The van der Waals surface area contributed by atoms with Crippen molar-refractivity contribution in [1.82, 2.24) is 0 Å². The van der Waals surface area contributed by atoms with E-state index in [1.807, 2.05) is 13.8 Å². The van der Waals surface area contributed by atoms with Crippen LogP contribution in [-0.2, 0) is 5.60 Å². The molecule has 0 bridgehead atoms. The summed E-state index contributed by atoms with van der Waals surface area (Å²) in [6.45, 7) is 3.65. The van der Waals surface area contributed by atoms with Crippen LogP contribution in [-0.4, -0.2) is 5.11 Å². The monoisotopic (exact) mass is 210 g/mol. The van der Waals surface area contributed by atoms with Gasteiger partial charge in [0.1, 0.15) is 0 Å². The van der Waals surface area contributed by atoms with E-state index in [-0.39, 0.29) is 0 Å². The van der Waals surface area contributed by atoms with E-state index < -0.39 is 5.60 Å². The molecule has 0 aliphatic heterocycles. The zero-order valence-electron chi connectivity index (χ0n) is 9.49. The molecule has 0 amide bonds. The molecule has 0 heterocycles. The smallest absolute Gasteiger partial charge is 0.0840 e.